The van der Waals surface area contributed by atoms with Gasteiger partial charge < -0.3 is 90.8 Å². The topological polar surface area (TPSA) is 248 Å². The SMILES string of the molecule is COc1ccc(Oc2cc3cc4c(cc3cc2Oc2ccc(OC)cc2)C2=NC3=NC(/N=C5\N=C(N=c6[n-]c(c7cc8cc(Oc9ccc(OC)cc9)c(Oc9ccc(OC)cc9)cc8cc67)=NC4=N2)c2cc4cc(Oc6ccc(OC)cc6)c(Oc6ccc(OC)cc6)cc4cc25)c2cc4cc(Oc5ccc(OC)cc5)c(Oc5ccc(OC)cc5)cc4cc23)cc1.[Cu+]. The molecule has 636 valence electrons. The summed E-state index contributed by atoms with van der Waals surface area (Å²) in [7, 11) is 12.9. The number of hydrogen-bond donors (Lipinski definition) is 0. The number of hydrogen-bond acceptors (Lipinski definition) is 23. The van der Waals surface area contributed by atoms with Crippen molar-refractivity contribution in [3.63, 3.8) is 0 Å². The molecule has 4 aliphatic heterocycles. The van der Waals surface area contributed by atoms with Gasteiger partial charge in [0.1, 0.15) is 92.0 Å². The molecule has 0 radical (unpaired) electrons. The van der Waals surface area contributed by atoms with E-state index >= 15 is 0 Å². The Balaban J connectivity index is 0.0000104. The molecule has 21 rings (SSSR count). The summed E-state index contributed by atoms with van der Waals surface area (Å²) in [5.74, 6) is 14.3. The van der Waals surface area contributed by atoms with Gasteiger partial charge in [-0.1, -0.05) is 0 Å². The first-order chi connectivity index (χ1) is 62.8. The van der Waals surface area contributed by atoms with Gasteiger partial charge in [0.15, 0.2) is 69.7 Å². The molecule has 24 nitrogen and oxygen atoms in total. The van der Waals surface area contributed by atoms with Crippen LogP contribution in [0.25, 0.3) is 53.9 Å². The molecule has 0 fully saturated rings. The first kappa shape index (κ1) is 80.8. The minimum Gasteiger partial charge on any atom is -0.497 e. The van der Waals surface area contributed by atoms with Gasteiger partial charge in [0.2, 0.25) is 0 Å². The fourth-order valence-corrected chi connectivity index (χ4v) is 15.6. The van der Waals surface area contributed by atoms with Crippen molar-refractivity contribution in [1.29, 1.82) is 0 Å². The monoisotopic (exact) mass is 1750 g/mol. The third-order valence-electron chi connectivity index (χ3n) is 22.2. The zero-order valence-corrected chi connectivity index (χ0v) is 71.1. The largest absolute Gasteiger partial charge is 1.00 e. The maximum absolute atomic E-state index is 6.79. The van der Waals surface area contributed by atoms with E-state index in [0.29, 0.717) is 194 Å². The molecule has 8 bridgehead atoms. The first-order valence-corrected chi connectivity index (χ1v) is 40.7. The fraction of sp³-hybridized carbons (Fsp3) is 0.0865. The van der Waals surface area contributed by atoms with Crippen LogP contribution in [0, 0.1) is 0 Å². The fourth-order valence-electron chi connectivity index (χ4n) is 15.6. The number of methoxy groups -OCH3 is 8. The number of ether oxygens (including phenoxy) is 16. The van der Waals surface area contributed by atoms with Crippen molar-refractivity contribution in [3.05, 3.63) is 336 Å². The Hall–Kier alpha value is -16.6. The molecule has 5 heterocycles. The van der Waals surface area contributed by atoms with Gasteiger partial charge >= 0.3 is 17.1 Å². The number of amidine groups is 5. The van der Waals surface area contributed by atoms with E-state index in [-0.39, 0.29) is 45.6 Å². The van der Waals surface area contributed by atoms with Crippen molar-refractivity contribution in [3.8, 4) is 138 Å². The predicted molar refractivity (Wildman–Crippen MR) is 489 cm³/mol. The van der Waals surface area contributed by atoms with Gasteiger partial charge in [-0.05, 0) is 345 Å². The van der Waals surface area contributed by atoms with Crippen LogP contribution in [0.4, 0.5) is 0 Å². The molecule has 0 aliphatic carbocycles. The zero-order valence-electron chi connectivity index (χ0n) is 70.2. The molecule has 0 spiro atoms. The van der Waals surface area contributed by atoms with Gasteiger partial charge in [-0.15, -0.1) is 0 Å². The standard InChI is InChI=1S/C104H73N8O16.Cu/c1-113-65-9-25-73(26-10-65)121-89-49-57-41-81-82(42-58(57)50-90(89)122-74-27-11-66(114-2)12-28-74)98-105-97(81)109-99-83-43-59-51-91(123-75-29-13-67(115-3)14-30-75)92(124-76-31-15-68(116-4)16-32-76)52-60(59)44-84(83)101(106-99)111-103-87-47-63-55-95(127-79-37-21-71(119-7)22-38-79)96(128-80-39-23-72(120-8)24-40-80)56-64(63)48-88(87)104(108-103)112-102-86-46-62-54-94(126-78-35-19-70(118-6)20-36-78)93(125-77-33-17-69(117-5)18-34-77)53-61(62)45-85(86)100(107-102)110-98;/h9-56,97H,1-8H3;/q-1;+1. The molecule has 4 aliphatic rings. The zero-order chi connectivity index (χ0) is 86.6. The van der Waals surface area contributed by atoms with E-state index in [4.69, 9.17) is 116 Å². The minimum absolute atomic E-state index is 0. The minimum atomic E-state index is -1.00. The van der Waals surface area contributed by atoms with E-state index in [1.807, 2.05) is 285 Å². The average Bonchev–Trinajstić information content (AvgIpc) is 1.58. The summed E-state index contributed by atoms with van der Waals surface area (Å²) in [4.78, 5) is 44.6. The molecule has 1 atom stereocenters. The van der Waals surface area contributed by atoms with Crippen LogP contribution in [0.5, 0.6) is 138 Å². The second kappa shape index (κ2) is 34.1. The Kier molecular flexibility index (Phi) is 21.4. The van der Waals surface area contributed by atoms with Crippen LogP contribution in [-0.4, -0.2) is 86.1 Å². The van der Waals surface area contributed by atoms with E-state index in [2.05, 4.69) is 6.07 Å². The third-order valence-corrected chi connectivity index (χ3v) is 22.2. The smallest absolute Gasteiger partial charge is 0.497 e. The van der Waals surface area contributed by atoms with Gasteiger partial charge in [-0.2, -0.15) is 0 Å². The molecule has 0 saturated carbocycles. The van der Waals surface area contributed by atoms with Crippen LogP contribution >= 0.6 is 0 Å². The summed E-state index contributed by atoms with van der Waals surface area (Å²) in [5, 5.41) is 7.24. The predicted octanol–water partition coefficient (Wildman–Crippen LogP) is 22.9. The van der Waals surface area contributed by atoms with Crippen molar-refractivity contribution in [2.45, 2.75) is 6.17 Å². The summed E-state index contributed by atoms with van der Waals surface area (Å²) >= 11 is 0. The molecular weight excluding hydrogens is 1680 g/mol. The van der Waals surface area contributed by atoms with E-state index in [1.165, 1.54) is 0 Å². The third kappa shape index (κ3) is 16.1. The summed E-state index contributed by atoms with van der Waals surface area (Å²) in [6.45, 7) is 0. The average molecular weight is 1750 g/mol. The molecule has 1 aromatic heterocycles. The number of rotatable bonds is 24. The van der Waals surface area contributed by atoms with Crippen molar-refractivity contribution in [2.75, 3.05) is 56.9 Å². The Labute approximate surface area is 747 Å². The van der Waals surface area contributed by atoms with Crippen molar-refractivity contribution < 1.29 is 92.9 Å². The molecule has 0 N–H and O–H groups in total. The normalized spacial score (nSPS) is 13.6. The first-order valence-electron chi connectivity index (χ1n) is 40.7. The molecule has 0 amide bonds. The molecule has 1 unspecified atom stereocenters. The quantitative estimate of drug-likeness (QED) is 0.0510. The Morgan fingerprint density at radius 2 is 0.372 bits per heavy atom. The summed E-state index contributed by atoms with van der Waals surface area (Å²) in [6, 6.07) is 90.5. The van der Waals surface area contributed by atoms with E-state index in [0.717, 1.165) is 43.1 Å². The van der Waals surface area contributed by atoms with Crippen LogP contribution in [0.2, 0.25) is 0 Å². The number of fused-ring (bicyclic) bond motifs is 21. The second-order valence-electron chi connectivity index (χ2n) is 30.0. The molecule has 129 heavy (non-hydrogen) atoms. The van der Waals surface area contributed by atoms with E-state index < -0.39 is 6.17 Å². The van der Waals surface area contributed by atoms with Gasteiger partial charge in [-0.25, -0.2) is 25.0 Å². The number of nitrogens with zero attached hydrogens (tertiary/aromatic N) is 8. The maximum atomic E-state index is 6.79. The Morgan fingerprint density at radius 3 is 0.605 bits per heavy atom. The Bertz CT molecular complexity index is 7620. The number of aliphatic imine (C=N–C) groups is 5. The van der Waals surface area contributed by atoms with Crippen molar-refractivity contribution in [2.24, 2.45) is 34.9 Å². The van der Waals surface area contributed by atoms with Crippen LogP contribution < -0.4 is 91.7 Å². The van der Waals surface area contributed by atoms with Gasteiger partial charge in [0, 0.05) is 44.4 Å². The maximum Gasteiger partial charge on any atom is 1.00 e. The molecule has 17 aromatic rings. The molecule has 16 aromatic carbocycles. The van der Waals surface area contributed by atoms with Crippen LogP contribution in [0.15, 0.2) is 326 Å². The summed E-state index contributed by atoms with van der Waals surface area (Å²) in [5.41, 5.74) is 4.36. The van der Waals surface area contributed by atoms with Crippen LogP contribution in [0.3, 0.4) is 0 Å². The van der Waals surface area contributed by atoms with Gasteiger partial charge in [0.25, 0.3) is 0 Å². The number of aromatic nitrogens is 1. The summed E-state index contributed by atoms with van der Waals surface area (Å²) in [6.07, 6.45) is -1.00. The van der Waals surface area contributed by atoms with E-state index in [9.17, 15) is 0 Å². The molecule has 25 heteroatoms. The summed E-state index contributed by atoms with van der Waals surface area (Å²) < 4.78 is 98.7. The van der Waals surface area contributed by atoms with E-state index in [1.54, 1.807) is 56.9 Å². The Morgan fingerprint density at radius 1 is 0.194 bits per heavy atom. The van der Waals surface area contributed by atoms with Crippen LogP contribution in [0.1, 0.15) is 39.5 Å². The van der Waals surface area contributed by atoms with Gasteiger partial charge in [-0.3, -0.25) is 0 Å². The van der Waals surface area contributed by atoms with Crippen molar-refractivity contribution >= 4 is 83.0 Å². The van der Waals surface area contributed by atoms with Crippen molar-refractivity contribution in [1.82, 2.24) is 4.98 Å². The van der Waals surface area contributed by atoms with Crippen LogP contribution in [-0.2, 0) is 17.1 Å². The van der Waals surface area contributed by atoms with Gasteiger partial charge in [0.05, 0.1) is 68.5 Å². The second-order valence-corrected chi connectivity index (χ2v) is 30.0. The molecular formula is C104H73CuN8O16. The molecule has 0 saturated heterocycles. The number of benzene rings is 16.